The number of benzene rings is 2. The highest BCUT2D eigenvalue weighted by molar-refractivity contribution is 6.42. The predicted octanol–water partition coefficient (Wildman–Crippen LogP) is 6.14. The molecule has 146 valence electrons. The van der Waals surface area contributed by atoms with Gasteiger partial charge in [-0.2, -0.15) is 0 Å². The highest BCUT2D eigenvalue weighted by Crippen LogP contribution is 2.53. The monoisotopic (exact) mass is 423 g/mol. The summed E-state index contributed by atoms with van der Waals surface area (Å²) in [6, 6.07) is 12.9. The van der Waals surface area contributed by atoms with Crippen LogP contribution in [0.25, 0.3) is 5.70 Å². The first-order valence-electron chi connectivity index (χ1n) is 9.71. The maximum atomic E-state index is 13.4. The number of nitrogens with zero attached hydrogens (tertiary/aromatic N) is 1. The van der Waals surface area contributed by atoms with E-state index in [2.05, 4.69) is 13.8 Å². The molecule has 0 saturated heterocycles. The van der Waals surface area contributed by atoms with Gasteiger partial charge in [-0.1, -0.05) is 73.4 Å². The van der Waals surface area contributed by atoms with E-state index < -0.39 is 11.8 Å². The molecule has 1 heterocycles. The van der Waals surface area contributed by atoms with Crippen LogP contribution in [0, 0.1) is 11.3 Å². The van der Waals surface area contributed by atoms with Gasteiger partial charge in [0.2, 0.25) is 0 Å². The van der Waals surface area contributed by atoms with Gasteiger partial charge in [-0.3, -0.25) is 14.6 Å². The topological polar surface area (TPSA) is 46.5 Å². The Hall–Kier alpha value is -2.23. The fourth-order valence-electron chi connectivity index (χ4n) is 5.02. The predicted molar refractivity (Wildman–Crippen MR) is 116 cm³/mol. The average Bonchev–Trinajstić information content (AvgIpc) is 2.94. The molecule has 1 unspecified atom stereocenters. The van der Waals surface area contributed by atoms with Gasteiger partial charge in [-0.15, -0.1) is 0 Å². The van der Waals surface area contributed by atoms with Crippen LogP contribution >= 0.6 is 23.2 Å². The lowest BCUT2D eigenvalue weighted by atomic mass is 9.63. The Morgan fingerprint density at radius 1 is 0.931 bits per heavy atom. The first kappa shape index (κ1) is 18.8. The van der Waals surface area contributed by atoms with Crippen LogP contribution in [0.1, 0.15) is 54.1 Å². The van der Waals surface area contributed by atoms with Crippen molar-refractivity contribution in [2.75, 3.05) is 0 Å². The Kier molecular flexibility index (Phi) is 4.13. The minimum Gasteiger partial charge on any atom is -0.299 e. The summed E-state index contributed by atoms with van der Waals surface area (Å²) in [7, 11) is 0. The molecule has 2 aliphatic carbocycles. The summed E-state index contributed by atoms with van der Waals surface area (Å²) in [6.07, 6.45) is 1.17. The minimum atomic E-state index is -0.476. The quantitative estimate of drug-likeness (QED) is 0.552. The lowest BCUT2D eigenvalue weighted by Gasteiger charge is -2.40. The molecule has 5 heteroatoms. The van der Waals surface area contributed by atoms with Gasteiger partial charge in [0, 0.05) is 34.8 Å². The molecule has 2 aromatic carbocycles. The molecule has 2 atom stereocenters. The minimum absolute atomic E-state index is 0.0722. The Morgan fingerprint density at radius 2 is 1.66 bits per heavy atom. The molecule has 3 aliphatic rings. The third kappa shape index (κ3) is 2.75. The summed E-state index contributed by atoms with van der Waals surface area (Å²) in [6.45, 7) is 4.17. The van der Waals surface area contributed by atoms with Gasteiger partial charge >= 0.3 is 0 Å². The van der Waals surface area contributed by atoms with Crippen LogP contribution in [0.4, 0.5) is 0 Å². The van der Waals surface area contributed by atoms with Crippen LogP contribution in [0.3, 0.4) is 0 Å². The van der Waals surface area contributed by atoms with Crippen molar-refractivity contribution < 1.29 is 9.59 Å². The molecule has 1 saturated carbocycles. The Morgan fingerprint density at radius 3 is 2.41 bits per heavy atom. The van der Waals surface area contributed by atoms with Gasteiger partial charge in [0.15, 0.2) is 5.78 Å². The highest BCUT2D eigenvalue weighted by Gasteiger charge is 2.50. The number of hydrogen-bond donors (Lipinski definition) is 0. The van der Waals surface area contributed by atoms with E-state index >= 15 is 0 Å². The third-order valence-corrected chi connectivity index (χ3v) is 6.99. The fourth-order valence-corrected chi connectivity index (χ4v) is 5.44. The van der Waals surface area contributed by atoms with Crippen LogP contribution in [0.5, 0.6) is 0 Å². The van der Waals surface area contributed by atoms with Crippen molar-refractivity contribution >= 4 is 46.2 Å². The van der Waals surface area contributed by atoms with E-state index in [0.717, 1.165) is 16.8 Å². The molecule has 1 aliphatic heterocycles. The number of aliphatic imine (C=N–C) groups is 1. The molecular formula is C24H19Cl2NO2. The van der Waals surface area contributed by atoms with Crippen molar-refractivity contribution in [1.82, 2.24) is 0 Å². The molecule has 0 aromatic heterocycles. The van der Waals surface area contributed by atoms with Crippen LogP contribution in [-0.4, -0.2) is 17.3 Å². The van der Waals surface area contributed by atoms with Crippen molar-refractivity contribution in [1.29, 1.82) is 0 Å². The first-order chi connectivity index (χ1) is 13.8. The van der Waals surface area contributed by atoms with E-state index in [0.29, 0.717) is 39.7 Å². The number of carbonyl (C=O) groups is 2. The number of ketones is 2. The summed E-state index contributed by atoms with van der Waals surface area (Å²) in [5.41, 5.74) is 4.12. The number of carbonyl (C=O) groups excluding carboxylic acids is 2. The zero-order chi connectivity index (χ0) is 20.5. The van der Waals surface area contributed by atoms with E-state index in [1.165, 1.54) is 0 Å². The molecule has 0 spiro atoms. The number of halogens is 2. The van der Waals surface area contributed by atoms with E-state index in [1.54, 1.807) is 6.07 Å². The summed E-state index contributed by atoms with van der Waals surface area (Å²) in [4.78, 5) is 31.6. The van der Waals surface area contributed by atoms with Crippen molar-refractivity contribution in [3.63, 3.8) is 0 Å². The first-order valence-corrected chi connectivity index (χ1v) is 10.5. The van der Waals surface area contributed by atoms with E-state index in [9.17, 15) is 9.59 Å². The van der Waals surface area contributed by atoms with Crippen LogP contribution in [0.15, 0.2) is 53.0 Å². The zero-order valence-electron chi connectivity index (χ0n) is 16.1. The largest absolute Gasteiger partial charge is 0.299 e. The third-order valence-electron chi connectivity index (χ3n) is 6.16. The van der Waals surface area contributed by atoms with Gasteiger partial charge in [-0.25, -0.2) is 0 Å². The average molecular weight is 424 g/mol. The van der Waals surface area contributed by atoms with Crippen LogP contribution in [0.2, 0.25) is 10.0 Å². The Balaban J connectivity index is 1.79. The second kappa shape index (κ2) is 6.38. The zero-order valence-corrected chi connectivity index (χ0v) is 17.6. The van der Waals surface area contributed by atoms with E-state index in [-0.39, 0.29) is 17.0 Å². The molecule has 0 radical (unpaired) electrons. The Bertz CT molecular complexity index is 1160. The van der Waals surface area contributed by atoms with Gasteiger partial charge in [0.1, 0.15) is 5.78 Å². The summed E-state index contributed by atoms with van der Waals surface area (Å²) in [5, 5.41) is 0.815. The standard InChI is InChI=1S/C24H19Cl2NO2/c1-24(2)10-16-19(17(28)11-24)18(14-8-5-9-15(25)21(14)26)20-22(27-16)12-6-3-4-7-13(12)23(20)29/h3-9,18-19H,10-11H2,1-2H3/t18-,19?/m0/s1. The summed E-state index contributed by atoms with van der Waals surface area (Å²) < 4.78 is 0. The number of Topliss-reactive ketones (excluding diaryl/α,β-unsaturated/α-hetero) is 2. The fraction of sp³-hybridized carbons (Fsp3) is 0.292. The smallest absolute Gasteiger partial charge is 0.192 e. The Labute approximate surface area is 179 Å². The molecule has 0 bridgehead atoms. The number of allylic oxidation sites excluding steroid dienone is 1. The molecule has 0 amide bonds. The van der Waals surface area contributed by atoms with Crippen LogP contribution < -0.4 is 0 Å². The lowest BCUT2D eigenvalue weighted by Crippen LogP contribution is -2.43. The molecule has 5 rings (SSSR count). The highest BCUT2D eigenvalue weighted by atomic mass is 35.5. The molecule has 1 fully saturated rings. The second-order valence-corrected chi connectivity index (χ2v) is 9.61. The number of fused-ring (bicyclic) bond motifs is 3. The molecular weight excluding hydrogens is 405 g/mol. The van der Waals surface area contributed by atoms with Crippen molar-refractivity contribution in [3.8, 4) is 0 Å². The normalized spacial score (nSPS) is 24.8. The van der Waals surface area contributed by atoms with Gasteiger partial charge in [0.25, 0.3) is 0 Å². The number of rotatable bonds is 1. The SMILES string of the molecule is CC1(C)CC(=O)C2C(=NC3=C(C(=O)c4ccccc43)[C@H]2c2cccc(Cl)c2Cl)C1. The van der Waals surface area contributed by atoms with Crippen molar-refractivity contribution in [3.05, 3.63) is 74.8 Å². The second-order valence-electron chi connectivity index (χ2n) is 8.82. The van der Waals surface area contributed by atoms with Gasteiger partial charge in [-0.05, 0) is 23.5 Å². The van der Waals surface area contributed by atoms with Crippen molar-refractivity contribution in [2.24, 2.45) is 16.3 Å². The van der Waals surface area contributed by atoms with E-state index in [4.69, 9.17) is 28.2 Å². The summed E-state index contributed by atoms with van der Waals surface area (Å²) >= 11 is 12.9. The maximum absolute atomic E-state index is 13.4. The molecule has 29 heavy (non-hydrogen) atoms. The molecule has 3 nitrogen and oxygen atoms in total. The van der Waals surface area contributed by atoms with Gasteiger partial charge in [0.05, 0.1) is 21.7 Å². The van der Waals surface area contributed by atoms with Crippen molar-refractivity contribution in [2.45, 2.75) is 32.6 Å². The number of hydrogen-bond acceptors (Lipinski definition) is 3. The summed E-state index contributed by atoms with van der Waals surface area (Å²) in [5.74, 6) is -0.906. The lowest BCUT2D eigenvalue weighted by molar-refractivity contribution is -0.124. The maximum Gasteiger partial charge on any atom is 0.192 e. The molecule has 0 N–H and O–H groups in total. The van der Waals surface area contributed by atoms with E-state index in [1.807, 2.05) is 36.4 Å². The van der Waals surface area contributed by atoms with Crippen LogP contribution in [-0.2, 0) is 4.79 Å². The molecule has 2 aromatic rings. The van der Waals surface area contributed by atoms with Gasteiger partial charge < -0.3 is 0 Å².